The molecule has 32 heavy (non-hydrogen) atoms. The first kappa shape index (κ1) is 21.5. The maximum absolute atomic E-state index is 12.8. The molecule has 2 aromatic carbocycles. The number of nitrogens with one attached hydrogen (secondary N) is 1. The summed E-state index contributed by atoms with van der Waals surface area (Å²) >= 11 is 0. The van der Waals surface area contributed by atoms with Crippen molar-refractivity contribution in [2.45, 2.75) is 20.3 Å². The molecule has 3 aromatic rings. The van der Waals surface area contributed by atoms with Gasteiger partial charge in [-0.25, -0.2) is 9.97 Å². The van der Waals surface area contributed by atoms with Gasteiger partial charge in [-0.2, -0.15) is 0 Å². The molecule has 2 heterocycles. The summed E-state index contributed by atoms with van der Waals surface area (Å²) < 4.78 is 0. The molecular formula is C25H27N5O2. The van der Waals surface area contributed by atoms with Crippen LogP contribution in [0.4, 0.5) is 11.5 Å². The molecule has 0 spiro atoms. The second kappa shape index (κ2) is 9.60. The lowest BCUT2D eigenvalue weighted by Crippen LogP contribution is -2.49. The number of amides is 2. The maximum atomic E-state index is 12.8. The standard InChI is InChI=1S/C25H27N5O2/c1-18-26-23(21-6-4-3-5-7-21)17-24(27-18)29-12-14-30(15-13-29)25(32)16-20-8-10-22(11-9-20)28-19(2)31/h3-11,17H,12-16H2,1-2H3,(H,28,31). The van der Waals surface area contributed by atoms with E-state index in [1.165, 1.54) is 6.92 Å². The molecule has 1 saturated heterocycles. The first-order valence-electron chi connectivity index (χ1n) is 10.8. The van der Waals surface area contributed by atoms with Crippen LogP contribution in [0.2, 0.25) is 0 Å². The second-order valence-electron chi connectivity index (χ2n) is 7.95. The molecular weight excluding hydrogens is 402 g/mol. The summed E-state index contributed by atoms with van der Waals surface area (Å²) in [5.41, 5.74) is 3.65. The number of carbonyl (C=O) groups is 2. The van der Waals surface area contributed by atoms with Crippen molar-refractivity contribution in [1.82, 2.24) is 14.9 Å². The number of aromatic nitrogens is 2. The summed E-state index contributed by atoms with van der Waals surface area (Å²) in [5, 5.41) is 2.74. The lowest BCUT2D eigenvalue weighted by molar-refractivity contribution is -0.130. The summed E-state index contributed by atoms with van der Waals surface area (Å²) in [6, 6.07) is 19.5. The molecule has 4 rings (SSSR count). The largest absolute Gasteiger partial charge is 0.353 e. The SMILES string of the molecule is CC(=O)Nc1ccc(CC(=O)N2CCN(c3cc(-c4ccccc4)nc(C)n3)CC2)cc1. The Morgan fingerprint density at radius 1 is 0.938 bits per heavy atom. The quantitative estimate of drug-likeness (QED) is 0.673. The highest BCUT2D eigenvalue weighted by molar-refractivity contribution is 5.88. The molecule has 1 aliphatic heterocycles. The average Bonchev–Trinajstić information content (AvgIpc) is 2.80. The van der Waals surface area contributed by atoms with Crippen molar-refractivity contribution in [3.8, 4) is 11.3 Å². The number of anilines is 2. The zero-order chi connectivity index (χ0) is 22.5. The van der Waals surface area contributed by atoms with Crippen LogP contribution < -0.4 is 10.2 Å². The zero-order valence-electron chi connectivity index (χ0n) is 18.4. The lowest BCUT2D eigenvalue weighted by Gasteiger charge is -2.35. The van der Waals surface area contributed by atoms with Crippen LogP contribution in [-0.2, 0) is 16.0 Å². The van der Waals surface area contributed by atoms with Crippen molar-refractivity contribution in [3.63, 3.8) is 0 Å². The number of hydrogen-bond acceptors (Lipinski definition) is 5. The van der Waals surface area contributed by atoms with Crippen LogP contribution in [-0.4, -0.2) is 52.9 Å². The Morgan fingerprint density at radius 2 is 1.62 bits per heavy atom. The van der Waals surface area contributed by atoms with E-state index in [2.05, 4.69) is 20.2 Å². The maximum Gasteiger partial charge on any atom is 0.227 e. The highest BCUT2D eigenvalue weighted by Gasteiger charge is 2.22. The monoisotopic (exact) mass is 429 g/mol. The topological polar surface area (TPSA) is 78.4 Å². The van der Waals surface area contributed by atoms with Gasteiger partial charge in [0.1, 0.15) is 11.6 Å². The fraction of sp³-hybridized carbons (Fsp3) is 0.280. The number of rotatable bonds is 5. The van der Waals surface area contributed by atoms with Crippen molar-refractivity contribution >= 4 is 23.3 Å². The Kier molecular flexibility index (Phi) is 6.44. The predicted octanol–water partition coefficient (Wildman–Crippen LogP) is 3.30. The summed E-state index contributed by atoms with van der Waals surface area (Å²) in [6.07, 6.45) is 0.352. The van der Waals surface area contributed by atoms with E-state index in [1.54, 1.807) is 0 Å². The van der Waals surface area contributed by atoms with Gasteiger partial charge >= 0.3 is 0 Å². The van der Waals surface area contributed by atoms with Gasteiger partial charge < -0.3 is 15.1 Å². The van der Waals surface area contributed by atoms with Crippen LogP contribution in [0.25, 0.3) is 11.3 Å². The van der Waals surface area contributed by atoms with E-state index < -0.39 is 0 Å². The third kappa shape index (κ3) is 5.29. The first-order valence-corrected chi connectivity index (χ1v) is 10.8. The molecule has 1 fully saturated rings. The van der Waals surface area contributed by atoms with Crippen LogP contribution >= 0.6 is 0 Å². The molecule has 1 N–H and O–H groups in total. The van der Waals surface area contributed by atoms with Crippen molar-refractivity contribution in [1.29, 1.82) is 0 Å². The van der Waals surface area contributed by atoms with Crippen LogP contribution in [0.3, 0.4) is 0 Å². The van der Waals surface area contributed by atoms with Gasteiger partial charge in [0.15, 0.2) is 0 Å². The van der Waals surface area contributed by atoms with Gasteiger partial charge in [-0.05, 0) is 24.6 Å². The molecule has 0 saturated carbocycles. The number of nitrogens with zero attached hydrogens (tertiary/aromatic N) is 4. The molecule has 1 aromatic heterocycles. The molecule has 0 radical (unpaired) electrons. The molecule has 0 aliphatic carbocycles. The van der Waals surface area contributed by atoms with Crippen LogP contribution in [0.15, 0.2) is 60.7 Å². The van der Waals surface area contributed by atoms with Gasteiger partial charge in [0.2, 0.25) is 11.8 Å². The minimum atomic E-state index is -0.110. The Bertz CT molecular complexity index is 1090. The Hall–Kier alpha value is -3.74. The first-order chi connectivity index (χ1) is 15.5. The van der Waals surface area contributed by atoms with Crippen LogP contribution in [0.5, 0.6) is 0 Å². The number of benzene rings is 2. The summed E-state index contributed by atoms with van der Waals surface area (Å²) in [5.74, 6) is 1.64. The van der Waals surface area contributed by atoms with Gasteiger partial charge in [0.25, 0.3) is 0 Å². The number of carbonyl (C=O) groups excluding carboxylic acids is 2. The number of hydrogen-bond donors (Lipinski definition) is 1. The van der Waals surface area contributed by atoms with Crippen molar-refractivity contribution in [2.75, 3.05) is 36.4 Å². The zero-order valence-corrected chi connectivity index (χ0v) is 18.4. The average molecular weight is 430 g/mol. The van der Waals surface area contributed by atoms with E-state index in [0.29, 0.717) is 19.5 Å². The Morgan fingerprint density at radius 3 is 2.28 bits per heavy atom. The van der Waals surface area contributed by atoms with Gasteiger partial charge in [0.05, 0.1) is 12.1 Å². The van der Waals surface area contributed by atoms with E-state index >= 15 is 0 Å². The minimum Gasteiger partial charge on any atom is -0.353 e. The third-order valence-corrected chi connectivity index (χ3v) is 5.48. The van der Waals surface area contributed by atoms with Crippen LogP contribution in [0, 0.1) is 6.92 Å². The molecule has 0 bridgehead atoms. The highest BCUT2D eigenvalue weighted by atomic mass is 16.2. The minimum absolute atomic E-state index is 0.110. The van der Waals surface area contributed by atoms with Crippen molar-refractivity contribution < 1.29 is 9.59 Å². The molecule has 0 unspecified atom stereocenters. The molecule has 0 atom stereocenters. The number of aryl methyl sites for hydroxylation is 1. The normalized spacial score (nSPS) is 13.7. The van der Waals surface area contributed by atoms with E-state index in [1.807, 2.05) is 72.5 Å². The molecule has 2 amide bonds. The third-order valence-electron chi connectivity index (χ3n) is 5.48. The fourth-order valence-electron chi connectivity index (χ4n) is 3.85. The van der Waals surface area contributed by atoms with Gasteiger partial charge in [0, 0.05) is 50.4 Å². The molecule has 7 nitrogen and oxygen atoms in total. The summed E-state index contributed by atoms with van der Waals surface area (Å²) in [7, 11) is 0. The molecule has 164 valence electrons. The Labute approximate surface area is 188 Å². The van der Waals surface area contributed by atoms with Gasteiger partial charge in [-0.1, -0.05) is 42.5 Å². The van der Waals surface area contributed by atoms with Gasteiger partial charge in [-0.15, -0.1) is 0 Å². The van der Waals surface area contributed by atoms with Gasteiger partial charge in [-0.3, -0.25) is 9.59 Å². The Balaban J connectivity index is 1.36. The molecule has 7 heteroatoms. The van der Waals surface area contributed by atoms with E-state index in [0.717, 1.165) is 47.2 Å². The summed E-state index contributed by atoms with van der Waals surface area (Å²) in [4.78, 5) is 37.3. The van der Waals surface area contributed by atoms with Crippen molar-refractivity contribution in [3.05, 3.63) is 72.1 Å². The van der Waals surface area contributed by atoms with E-state index in [4.69, 9.17) is 0 Å². The van der Waals surface area contributed by atoms with Crippen LogP contribution in [0.1, 0.15) is 18.3 Å². The van der Waals surface area contributed by atoms with E-state index in [9.17, 15) is 9.59 Å². The number of piperazine rings is 1. The van der Waals surface area contributed by atoms with Crippen molar-refractivity contribution in [2.24, 2.45) is 0 Å². The second-order valence-corrected chi connectivity index (χ2v) is 7.95. The molecule has 1 aliphatic rings. The smallest absolute Gasteiger partial charge is 0.227 e. The fourth-order valence-corrected chi connectivity index (χ4v) is 3.85. The highest BCUT2D eigenvalue weighted by Crippen LogP contribution is 2.23. The van der Waals surface area contributed by atoms with E-state index in [-0.39, 0.29) is 11.8 Å². The predicted molar refractivity (Wildman–Crippen MR) is 125 cm³/mol. The summed E-state index contributed by atoms with van der Waals surface area (Å²) in [6.45, 7) is 6.17. The lowest BCUT2D eigenvalue weighted by atomic mass is 10.1.